The lowest BCUT2D eigenvalue weighted by molar-refractivity contribution is 0.426. The van der Waals surface area contributed by atoms with Crippen LogP contribution in [-0.4, -0.2) is 17.2 Å². The highest BCUT2D eigenvalue weighted by Gasteiger charge is 2.22. The van der Waals surface area contributed by atoms with Crippen LogP contribution in [0.2, 0.25) is 0 Å². The Balaban J connectivity index is 2.10. The molecule has 0 aliphatic carbocycles. The molecular weight excluding hydrogens is 331 g/mol. The molecule has 0 amide bonds. The highest BCUT2D eigenvalue weighted by atomic mass is 16.4. The van der Waals surface area contributed by atoms with Crippen LogP contribution in [0.4, 0.5) is 0 Å². The van der Waals surface area contributed by atoms with E-state index in [1.54, 1.807) is 0 Å². The summed E-state index contributed by atoms with van der Waals surface area (Å²) in [6.45, 7) is 6.64. The van der Waals surface area contributed by atoms with E-state index in [0.717, 1.165) is 32.7 Å². The van der Waals surface area contributed by atoms with Gasteiger partial charge in [-0.1, -0.05) is 93.6 Å². The SMILES string of the molecule is CC(C)(C)c1ccc(-c2c3ccccc3c(B(O)O)c3ccccc23)cc1. The molecule has 0 aromatic heterocycles. The minimum atomic E-state index is -1.52. The molecule has 0 bridgehead atoms. The Morgan fingerprint density at radius 2 is 1.07 bits per heavy atom. The molecule has 4 aromatic rings. The Bertz CT molecular complexity index is 1070. The summed E-state index contributed by atoms with van der Waals surface area (Å²) < 4.78 is 0. The molecule has 0 aliphatic rings. The van der Waals surface area contributed by atoms with E-state index in [0.29, 0.717) is 5.46 Å². The fraction of sp³-hybridized carbons (Fsp3) is 0.167. The van der Waals surface area contributed by atoms with Gasteiger partial charge in [-0.05, 0) is 49.1 Å². The zero-order chi connectivity index (χ0) is 19.2. The van der Waals surface area contributed by atoms with E-state index >= 15 is 0 Å². The fourth-order valence-electron chi connectivity index (χ4n) is 3.89. The van der Waals surface area contributed by atoms with Crippen LogP contribution in [0.3, 0.4) is 0 Å². The Morgan fingerprint density at radius 1 is 0.630 bits per heavy atom. The van der Waals surface area contributed by atoms with Gasteiger partial charge in [-0.3, -0.25) is 0 Å². The summed E-state index contributed by atoms with van der Waals surface area (Å²) in [6.07, 6.45) is 0. The van der Waals surface area contributed by atoms with Crippen molar-refractivity contribution in [2.75, 3.05) is 0 Å². The second-order valence-corrected chi connectivity index (χ2v) is 8.08. The second-order valence-electron chi connectivity index (χ2n) is 8.08. The predicted octanol–water partition coefficient (Wildman–Crippen LogP) is 4.64. The van der Waals surface area contributed by atoms with Crippen LogP contribution in [0, 0.1) is 0 Å². The highest BCUT2D eigenvalue weighted by Crippen LogP contribution is 2.36. The van der Waals surface area contributed by atoms with Gasteiger partial charge >= 0.3 is 7.12 Å². The van der Waals surface area contributed by atoms with E-state index < -0.39 is 7.12 Å². The summed E-state index contributed by atoms with van der Waals surface area (Å²) in [5, 5.41) is 23.9. The lowest BCUT2D eigenvalue weighted by Gasteiger charge is -2.20. The van der Waals surface area contributed by atoms with Crippen molar-refractivity contribution in [3.05, 3.63) is 78.4 Å². The van der Waals surface area contributed by atoms with E-state index in [4.69, 9.17) is 0 Å². The largest absolute Gasteiger partial charge is 0.489 e. The molecule has 4 rings (SSSR count). The minimum Gasteiger partial charge on any atom is -0.423 e. The van der Waals surface area contributed by atoms with Crippen LogP contribution in [0.1, 0.15) is 26.3 Å². The van der Waals surface area contributed by atoms with Gasteiger partial charge in [0.1, 0.15) is 0 Å². The highest BCUT2D eigenvalue weighted by molar-refractivity contribution is 6.66. The van der Waals surface area contributed by atoms with Crippen molar-refractivity contribution in [3.63, 3.8) is 0 Å². The Kier molecular flexibility index (Phi) is 4.30. The average molecular weight is 354 g/mol. The van der Waals surface area contributed by atoms with Crippen molar-refractivity contribution in [1.82, 2.24) is 0 Å². The monoisotopic (exact) mass is 354 g/mol. The molecule has 0 radical (unpaired) electrons. The third kappa shape index (κ3) is 3.03. The van der Waals surface area contributed by atoms with Crippen LogP contribution in [-0.2, 0) is 5.41 Å². The van der Waals surface area contributed by atoms with Crippen LogP contribution in [0.15, 0.2) is 72.8 Å². The standard InChI is InChI=1S/C24H23BO2/c1-24(2,3)17-14-12-16(13-15-17)22-18-8-4-6-10-20(18)23(25(26)27)21-11-7-5-9-19(21)22/h4-15,26-27H,1-3H3. The number of hydrogen-bond acceptors (Lipinski definition) is 2. The second kappa shape index (κ2) is 6.52. The maximum Gasteiger partial charge on any atom is 0.489 e. The Morgan fingerprint density at radius 3 is 1.48 bits per heavy atom. The van der Waals surface area contributed by atoms with Gasteiger partial charge in [-0.25, -0.2) is 0 Å². The van der Waals surface area contributed by atoms with E-state index in [1.807, 2.05) is 36.4 Å². The summed E-state index contributed by atoms with van der Waals surface area (Å²) in [7, 11) is -1.52. The van der Waals surface area contributed by atoms with Crippen molar-refractivity contribution < 1.29 is 10.0 Å². The number of benzene rings is 4. The molecular formula is C24H23BO2. The van der Waals surface area contributed by atoms with Crippen molar-refractivity contribution in [3.8, 4) is 11.1 Å². The predicted molar refractivity (Wildman–Crippen MR) is 115 cm³/mol. The first kappa shape index (κ1) is 17.8. The van der Waals surface area contributed by atoms with E-state index in [1.165, 1.54) is 5.56 Å². The summed E-state index contributed by atoms with van der Waals surface area (Å²) in [5.41, 5.74) is 4.23. The van der Waals surface area contributed by atoms with Gasteiger partial charge in [-0.2, -0.15) is 0 Å². The maximum atomic E-state index is 10.1. The molecule has 0 unspecified atom stereocenters. The molecule has 0 fully saturated rings. The topological polar surface area (TPSA) is 40.5 Å². The first-order valence-electron chi connectivity index (χ1n) is 9.28. The molecule has 0 heterocycles. The molecule has 4 aromatic carbocycles. The van der Waals surface area contributed by atoms with Gasteiger partial charge in [0, 0.05) is 0 Å². The number of fused-ring (bicyclic) bond motifs is 2. The average Bonchev–Trinajstić information content (AvgIpc) is 2.65. The zero-order valence-electron chi connectivity index (χ0n) is 15.9. The molecule has 134 valence electrons. The van der Waals surface area contributed by atoms with Crippen molar-refractivity contribution in [1.29, 1.82) is 0 Å². The van der Waals surface area contributed by atoms with Crippen LogP contribution >= 0.6 is 0 Å². The summed E-state index contributed by atoms with van der Waals surface area (Å²) >= 11 is 0. The third-order valence-electron chi connectivity index (χ3n) is 5.27. The van der Waals surface area contributed by atoms with Gasteiger partial charge in [0.2, 0.25) is 0 Å². The summed E-state index contributed by atoms with van der Waals surface area (Å²) in [6, 6.07) is 24.6. The summed E-state index contributed by atoms with van der Waals surface area (Å²) in [5.74, 6) is 0. The first-order valence-corrected chi connectivity index (χ1v) is 9.28. The van der Waals surface area contributed by atoms with Crippen molar-refractivity contribution in [2.24, 2.45) is 0 Å². The number of rotatable bonds is 2. The van der Waals surface area contributed by atoms with Crippen LogP contribution < -0.4 is 5.46 Å². The van der Waals surface area contributed by atoms with Gasteiger partial charge < -0.3 is 10.0 Å². The van der Waals surface area contributed by atoms with E-state index in [2.05, 4.69) is 57.2 Å². The molecule has 0 aliphatic heterocycles. The fourth-order valence-corrected chi connectivity index (χ4v) is 3.89. The molecule has 0 spiro atoms. The molecule has 0 atom stereocenters. The third-order valence-corrected chi connectivity index (χ3v) is 5.27. The molecule has 2 N–H and O–H groups in total. The molecule has 27 heavy (non-hydrogen) atoms. The van der Waals surface area contributed by atoms with Gasteiger partial charge in [-0.15, -0.1) is 0 Å². The van der Waals surface area contributed by atoms with E-state index in [-0.39, 0.29) is 5.41 Å². The molecule has 0 saturated heterocycles. The van der Waals surface area contributed by atoms with E-state index in [9.17, 15) is 10.0 Å². The minimum absolute atomic E-state index is 0.105. The van der Waals surface area contributed by atoms with Crippen molar-refractivity contribution >= 4 is 34.1 Å². The quantitative estimate of drug-likeness (QED) is 0.407. The Labute approximate surface area is 160 Å². The lowest BCUT2D eigenvalue weighted by Crippen LogP contribution is -2.31. The van der Waals surface area contributed by atoms with Crippen LogP contribution in [0.25, 0.3) is 32.7 Å². The zero-order valence-corrected chi connectivity index (χ0v) is 15.9. The first-order chi connectivity index (χ1) is 12.9. The van der Waals surface area contributed by atoms with Gasteiger partial charge in [0.05, 0.1) is 0 Å². The molecule has 3 heteroatoms. The molecule has 2 nitrogen and oxygen atoms in total. The Hall–Kier alpha value is -2.62. The normalized spacial score (nSPS) is 11.9. The number of hydrogen-bond donors (Lipinski definition) is 2. The lowest BCUT2D eigenvalue weighted by atomic mass is 9.72. The van der Waals surface area contributed by atoms with Crippen molar-refractivity contribution in [2.45, 2.75) is 26.2 Å². The van der Waals surface area contributed by atoms with Gasteiger partial charge in [0.15, 0.2) is 0 Å². The maximum absolute atomic E-state index is 10.1. The molecule has 0 saturated carbocycles. The smallest absolute Gasteiger partial charge is 0.423 e. The summed E-state index contributed by atoms with van der Waals surface area (Å²) in [4.78, 5) is 0. The van der Waals surface area contributed by atoms with Gasteiger partial charge in [0.25, 0.3) is 0 Å². The van der Waals surface area contributed by atoms with Crippen LogP contribution in [0.5, 0.6) is 0 Å².